The van der Waals surface area contributed by atoms with Crippen LogP contribution in [0.4, 0.5) is 20.3 Å². The highest BCUT2D eigenvalue weighted by atomic mass is 127. The van der Waals surface area contributed by atoms with E-state index in [1.807, 2.05) is 36.0 Å². The van der Waals surface area contributed by atoms with Crippen LogP contribution in [0.5, 0.6) is 0 Å². The lowest BCUT2D eigenvalue weighted by Gasteiger charge is -2.37. The van der Waals surface area contributed by atoms with E-state index in [4.69, 9.17) is 0 Å². The predicted octanol–water partition coefficient (Wildman–Crippen LogP) is 2.94. The van der Waals surface area contributed by atoms with Crippen LogP contribution >= 0.6 is 24.0 Å². The second-order valence-electron chi connectivity index (χ2n) is 6.89. The van der Waals surface area contributed by atoms with E-state index in [-0.39, 0.29) is 24.0 Å². The summed E-state index contributed by atoms with van der Waals surface area (Å²) in [6.07, 6.45) is 1.79. The summed E-state index contributed by atoms with van der Waals surface area (Å²) in [5.41, 5.74) is 1.43. The molecule has 1 fully saturated rings. The average Bonchev–Trinajstić information content (AvgIpc) is 2.71. The van der Waals surface area contributed by atoms with E-state index < -0.39 is 11.6 Å². The van der Waals surface area contributed by atoms with Crippen molar-refractivity contribution >= 4 is 41.4 Å². The molecule has 0 saturated carbocycles. The van der Waals surface area contributed by atoms with Crippen LogP contribution in [-0.2, 0) is 6.54 Å². The number of anilines is 2. The molecule has 158 valence electrons. The first-order valence-electron chi connectivity index (χ1n) is 9.26. The minimum absolute atomic E-state index is 0. The molecular weight excluding hydrogens is 489 g/mol. The first-order chi connectivity index (χ1) is 13.5. The third-order valence-corrected chi connectivity index (χ3v) is 4.76. The van der Waals surface area contributed by atoms with E-state index in [9.17, 15) is 8.78 Å². The van der Waals surface area contributed by atoms with Crippen LogP contribution < -0.4 is 15.1 Å². The summed E-state index contributed by atoms with van der Waals surface area (Å²) in [5, 5.41) is 3.37. The van der Waals surface area contributed by atoms with Gasteiger partial charge in [0, 0.05) is 66.1 Å². The average molecular weight is 516 g/mol. The Morgan fingerprint density at radius 3 is 2.52 bits per heavy atom. The van der Waals surface area contributed by atoms with E-state index in [1.165, 1.54) is 12.1 Å². The number of guanidine groups is 1. The molecule has 0 radical (unpaired) electrons. The Balaban J connectivity index is 0.00000300. The topological polar surface area (TPSA) is 47.0 Å². The zero-order valence-corrected chi connectivity index (χ0v) is 19.2. The van der Waals surface area contributed by atoms with Gasteiger partial charge in [0.15, 0.2) is 5.96 Å². The highest BCUT2D eigenvalue weighted by molar-refractivity contribution is 14.0. The molecule has 1 aromatic heterocycles. The van der Waals surface area contributed by atoms with Gasteiger partial charge < -0.3 is 20.0 Å². The summed E-state index contributed by atoms with van der Waals surface area (Å²) in [4.78, 5) is 14.6. The van der Waals surface area contributed by atoms with Crippen LogP contribution in [0.25, 0.3) is 0 Å². The van der Waals surface area contributed by atoms with Crippen molar-refractivity contribution in [3.05, 3.63) is 53.7 Å². The molecule has 3 rings (SSSR count). The van der Waals surface area contributed by atoms with Crippen LogP contribution in [0.1, 0.15) is 5.56 Å². The molecule has 0 bridgehead atoms. The largest absolute Gasteiger partial charge is 0.366 e. The van der Waals surface area contributed by atoms with Crippen molar-refractivity contribution in [3.63, 3.8) is 0 Å². The summed E-state index contributed by atoms with van der Waals surface area (Å²) in [6, 6.07) is 7.57. The summed E-state index contributed by atoms with van der Waals surface area (Å²) >= 11 is 0. The Morgan fingerprint density at radius 1 is 1.14 bits per heavy atom. The number of nitrogens with zero attached hydrogens (tertiary/aromatic N) is 5. The van der Waals surface area contributed by atoms with Gasteiger partial charge in [0.1, 0.15) is 17.5 Å². The molecule has 1 aromatic carbocycles. The maximum Gasteiger partial charge on any atom is 0.194 e. The SMILES string of the molecule is CN=C(NCc1ccnc(N(C)C)c1)N1CCN(c2cc(F)ccc2F)CC1.I. The van der Waals surface area contributed by atoms with Crippen LogP contribution in [0.15, 0.2) is 41.5 Å². The fraction of sp³-hybridized carbons (Fsp3) is 0.400. The van der Waals surface area contributed by atoms with E-state index in [1.54, 1.807) is 13.2 Å². The van der Waals surface area contributed by atoms with Crippen molar-refractivity contribution < 1.29 is 8.78 Å². The first kappa shape index (κ1) is 23.1. The Morgan fingerprint density at radius 2 is 1.86 bits per heavy atom. The van der Waals surface area contributed by atoms with Crippen LogP contribution in [0.2, 0.25) is 0 Å². The highest BCUT2D eigenvalue weighted by Crippen LogP contribution is 2.22. The number of piperazine rings is 1. The van der Waals surface area contributed by atoms with Gasteiger partial charge in [-0.05, 0) is 29.8 Å². The lowest BCUT2D eigenvalue weighted by molar-refractivity contribution is 0.370. The number of benzene rings is 1. The minimum Gasteiger partial charge on any atom is -0.366 e. The molecule has 6 nitrogen and oxygen atoms in total. The first-order valence-corrected chi connectivity index (χ1v) is 9.26. The third-order valence-electron chi connectivity index (χ3n) is 4.76. The highest BCUT2D eigenvalue weighted by Gasteiger charge is 2.22. The predicted molar refractivity (Wildman–Crippen MR) is 124 cm³/mol. The van der Waals surface area contributed by atoms with E-state index in [0.29, 0.717) is 38.4 Å². The second-order valence-corrected chi connectivity index (χ2v) is 6.89. The van der Waals surface area contributed by atoms with Gasteiger partial charge in [0.2, 0.25) is 0 Å². The molecular formula is C20H27F2IN6. The zero-order chi connectivity index (χ0) is 20.1. The molecule has 0 atom stereocenters. The normalized spacial score (nSPS) is 14.4. The van der Waals surface area contributed by atoms with Gasteiger partial charge in [-0.3, -0.25) is 4.99 Å². The number of hydrogen-bond donors (Lipinski definition) is 1. The van der Waals surface area contributed by atoms with Crippen molar-refractivity contribution in [2.45, 2.75) is 6.54 Å². The van der Waals surface area contributed by atoms with Gasteiger partial charge in [-0.2, -0.15) is 0 Å². The Hall–Kier alpha value is -2.17. The van der Waals surface area contributed by atoms with Crippen molar-refractivity contribution in [2.75, 3.05) is 57.1 Å². The van der Waals surface area contributed by atoms with Crippen molar-refractivity contribution in [3.8, 4) is 0 Å². The summed E-state index contributed by atoms with van der Waals surface area (Å²) in [5.74, 6) is 0.875. The second kappa shape index (κ2) is 10.6. The Bertz CT molecular complexity index is 837. The summed E-state index contributed by atoms with van der Waals surface area (Å²) in [7, 11) is 5.66. The standard InChI is InChI=1S/C20H26F2N6.HI/c1-23-20(25-14-15-6-7-24-19(12-15)26(2)3)28-10-8-27(9-11-28)18-13-16(21)4-5-17(18)22;/h4-7,12-13H,8-11,14H2,1-3H3,(H,23,25);1H. The lowest BCUT2D eigenvalue weighted by Crippen LogP contribution is -2.52. The molecule has 1 saturated heterocycles. The molecule has 2 heterocycles. The summed E-state index contributed by atoms with van der Waals surface area (Å²) in [6.45, 7) is 3.18. The van der Waals surface area contributed by atoms with Crippen LogP contribution in [0, 0.1) is 11.6 Å². The fourth-order valence-corrected chi connectivity index (χ4v) is 3.22. The van der Waals surface area contributed by atoms with E-state index in [0.717, 1.165) is 23.4 Å². The molecule has 1 aliphatic heterocycles. The molecule has 0 unspecified atom stereocenters. The molecule has 1 N–H and O–H groups in total. The third kappa shape index (κ3) is 5.91. The molecule has 29 heavy (non-hydrogen) atoms. The molecule has 0 spiro atoms. The molecule has 9 heteroatoms. The molecule has 1 aliphatic rings. The zero-order valence-electron chi connectivity index (χ0n) is 16.9. The summed E-state index contributed by atoms with van der Waals surface area (Å²) < 4.78 is 27.5. The van der Waals surface area contributed by atoms with Gasteiger partial charge in [-0.25, -0.2) is 13.8 Å². The van der Waals surface area contributed by atoms with Gasteiger partial charge in [-0.1, -0.05) is 0 Å². The number of aliphatic imine (C=N–C) groups is 1. The number of nitrogens with one attached hydrogen (secondary N) is 1. The van der Waals surface area contributed by atoms with Crippen LogP contribution in [0.3, 0.4) is 0 Å². The fourth-order valence-electron chi connectivity index (χ4n) is 3.22. The maximum absolute atomic E-state index is 14.0. The van der Waals surface area contributed by atoms with Gasteiger partial charge in [-0.15, -0.1) is 24.0 Å². The molecule has 0 aliphatic carbocycles. The van der Waals surface area contributed by atoms with Gasteiger partial charge in [0.25, 0.3) is 0 Å². The Kier molecular flexibility index (Phi) is 8.42. The number of hydrogen-bond acceptors (Lipinski definition) is 4. The molecule has 0 amide bonds. The number of pyridine rings is 1. The van der Waals surface area contributed by atoms with E-state index >= 15 is 0 Å². The number of aromatic nitrogens is 1. The molecule has 2 aromatic rings. The van der Waals surface area contributed by atoms with Crippen molar-refractivity contribution in [2.24, 2.45) is 4.99 Å². The lowest BCUT2D eigenvalue weighted by atomic mass is 10.2. The number of halogens is 3. The monoisotopic (exact) mass is 516 g/mol. The van der Waals surface area contributed by atoms with Crippen LogP contribution in [-0.4, -0.2) is 63.2 Å². The maximum atomic E-state index is 14.0. The van der Waals surface area contributed by atoms with Gasteiger partial charge in [0.05, 0.1) is 5.69 Å². The van der Waals surface area contributed by atoms with E-state index in [2.05, 4.69) is 20.2 Å². The van der Waals surface area contributed by atoms with Gasteiger partial charge >= 0.3 is 0 Å². The Labute approximate surface area is 187 Å². The van der Waals surface area contributed by atoms with Crippen molar-refractivity contribution in [1.82, 2.24) is 15.2 Å². The number of rotatable bonds is 4. The minimum atomic E-state index is -0.425. The van der Waals surface area contributed by atoms with Crippen molar-refractivity contribution in [1.29, 1.82) is 0 Å². The smallest absolute Gasteiger partial charge is 0.194 e. The quantitative estimate of drug-likeness (QED) is 0.385.